The van der Waals surface area contributed by atoms with Gasteiger partial charge in [0.15, 0.2) is 0 Å². The summed E-state index contributed by atoms with van der Waals surface area (Å²) in [5.41, 5.74) is 1.66. The highest BCUT2D eigenvalue weighted by Gasteiger charge is 2.04. The van der Waals surface area contributed by atoms with Gasteiger partial charge in [-0.2, -0.15) is 0 Å². The topological polar surface area (TPSA) is 42.6 Å². The van der Waals surface area contributed by atoms with Crippen molar-refractivity contribution >= 4 is 11.0 Å². The second-order valence-corrected chi connectivity index (χ2v) is 3.03. The molecule has 3 heteroatoms. The summed E-state index contributed by atoms with van der Waals surface area (Å²) < 4.78 is 10.6. The second kappa shape index (κ2) is 3.72. The van der Waals surface area contributed by atoms with Crippen molar-refractivity contribution in [2.24, 2.45) is 0 Å². The third-order valence-electron chi connectivity index (χ3n) is 2.03. The zero-order valence-corrected chi connectivity index (χ0v) is 7.99. The van der Waals surface area contributed by atoms with Crippen molar-refractivity contribution in [2.75, 3.05) is 6.61 Å². The van der Waals surface area contributed by atoms with E-state index in [0.29, 0.717) is 12.6 Å². The first-order valence-corrected chi connectivity index (χ1v) is 4.59. The van der Waals surface area contributed by atoms with E-state index in [-0.39, 0.29) is 6.61 Å². The lowest BCUT2D eigenvalue weighted by molar-refractivity contribution is 0.265. The van der Waals surface area contributed by atoms with Crippen molar-refractivity contribution < 1.29 is 14.3 Å². The largest absolute Gasteiger partial charge is 0.465 e. The molecule has 1 N–H and O–H groups in total. The fourth-order valence-electron chi connectivity index (χ4n) is 1.38. The minimum Gasteiger partial charge on any atom is -0.465 e. The molecule has 0 amide bonds. The van der Waals surface area contributed by atoms with E-state index in [1.807, 2.05) is 31.2 Å². The van der Waals surface area contributed by atoms with Crippen molar-refractivity contribution in [3.05, 3.63) is 29.8 Å². The predicted molar refractivity (Wildman–Crippen MR) is 53.3 cm³/mol. The zero-order valence-electron chi connectivity index (χ0n) is 7.99. The highest BCUT2D eigenvalue weighted by molar-refractivity contribution is 5.79. The molecule has 1 heterocycles. The van der Waals surface area contributed by atoms with Crippen LogP contribution in [0.15, 0.2) is 28.7 Å². The molecule has 2 rings (SSSR count). The molecular formula is C11H12O3. The molecule has 2 aromatic rings. The molecule has 0 aliphatic heterocycles. The molecule has 74 valence electrons. The molecule has 14 heavy (non-hydrogen) atoms. The van der Waals surface area contributed by atoms with Crippen molar-refractivity contribution in [3.8, 4) is 5.95 Å². The van der Waals surface area contributed by atoms with Gasteiger partial charge in [-0.25, -0.2) is 0 Å². The molecule has 0 atom stereocenters. The SMILES string of the molecule is CCOc1cc2cc(CO)ccc2o1. The van der Waals surface area contributed by atoms with Crippen LogP contribution in [0, 0.1) is 0 Å². The maximum absolute atomic E-state index is 8.95. The van der Waals surface area contributed by atoms with Gasteiger partial charge in [-0.15, -0.1) is 0 Å². The van der Waals surface area contributed by atoms with Gasteiger partial charge >= 0.3 is 0 Å². The average molecular weight is 192 g/mol. The molecular weight excluding hydrogens is 180 g/mol. The van der Waals surface area contributed by atoms with Crippen LogP contribution >= 0.6 is 0 Å². The monoisotopic (exact) mass is 192 g/mol. The number of benzene rings is 1. The molecule has 3 nitrogen and oxygen atoms in total. The van der Waals surface area contributed by atoms with Crippen molar-refractivity contribution in [3.63, 3.8) is 0 Å². The normalized spacial score (nSPS) is 10.7. The van der Waals surface area contributed by atoms with Gasteiger partial charge in [0.25, 0.3) is 5.95 Å². The number of furan rings is 1. The Morgan fingerprint density at radius 2 is 2.21 bits per heavy atom. The molecule has 1 aromatic heterocycles. The number of aliphatic hydroxyl groups excluding tert-OH is 1. The number of aliphatic hydroxyl groups is 1. The Balaban J connectivity index is 2.43. The van der Waals surface area contributed by atoms with Crippen LogP contribution < -0.4 is 4.74 Å². The van der Waals surface area contributed by atoms with Gasteiger partial charge in [0.2, 0.25) is 0 Å². The molecule has 0 saturated carbocycles. The lowest BCUT2D eigenvalue weighted by Gasteiger charge is -1.94. The summed E-state index contributed by atoms with van der Waals surface area (Å²) >= 11 is 0. The first-order chi connectivity index (χ1) is 6.83. The van der Waals surface area contributed by atoms with Gasteiger partial charge in [-0.05, 0) is 24.6 Å². The maximum atomic E-state index is 8.95. The molecule has 0 aliphatic carbocycles. The Morgan fingerprint density at radius 3 is 2.93 bits per heavy atom. The van der Waals surface area contributed by atoms with Crippen LogP contribution in [0.5, 0.6) is 5.95 Å². The van der Waals surface area contributed by atoms with Gasteiger partial charge in [0, 0.05) is 11.5 Å². The van der Waals surface area contributed by atoms with Gasteiger partial charge in [-0.3, -0.25) is 0 Å². The summed E-state index contributed by atoms with van der Waals surface area (Å²) in [5.74, 6) is 0.526. The zero-order chi connectivity index (χ0) is 9.97. The minimum atomic E-state index is 0.0467. The first-order valence-electron chi connectivity index (χ1n) is 4.59. The summed E-state index contributed by atoms with van der Waals surface area (Å²) in [7, 11) is 0. The van der Waals surface area contributed by atoms with Crippen LogP contribution in [-0.2, 0) is 6.61 Å². The van der Waals surface area contributed by atoms with Crippen LogP contribution in [0.25, 0.3) is 11.0 Å². The van der Waals surface area contributed by atoms with Gasteiger partial charge in [-0.1, -0.05) is 6.07 Å². The van der Waals surface area contributed by atoms with Crippen molar-refractivity contribution in [1.29, 1.82) is 0 Å². The van der Waals surface area contributed by atoms with E-state index in [4.69, 9.17) is 14.3 Å². The second-order valence-electron chi connectivity index (χ2n) is 3.03. The molecule has 0 radical (unpaired) electrons. The number of hydrogen-bond donors (Lipinski definition) is 1. The van der Waals surface area contributed by atoms with Crippen LogP contribution in [0.2, 0.25) is 0 Å². The van der Waals surface area contributed by atoms with E-state index >= 15 is 0 Å². The Kier molecular flexibility index (Phi) is 2.41. The van der Waals surface area contributed by atoms with Crippen LogP contribution in [0.4, 0.5) is 0 Å². The average Bonchev–Trinajstić information content (AvgIpc) is 2.59. The summed E-state index contributed by atoms with van der Waals surface area (Å²) in [4.78, 5) is 0. The van der Waals surface area contributed by atoms with Gasteiger partial charge in [0.05, 0.1) is 13.2 Å². The van der Waals surface area contributed by atoms with E-state index in [0.717, 1.165) is 16.5 Å². The summed E-state index contributed by atoms with van der Waals surface area (Å²) in [6.45, 7) is 2.55. The highest BCUT2D eigenvalue weighted by atomic mass is 16.6. The summed E-state index contributed by atoms with van der Waals surface area (Å²) in [6.07, 6.45) is 0. The number of fused-ring (bicyclic) bond motifs is 1. The number of ether oxygens (including phenoxy) is 1. The molecule has 0 bridgehead atoms. The quantitative estimate of drug-likeness (QED) is 0.811. The number of hydrogen-bond acceptors (Lipinski definition) is 3. The maximum Gasteiger partial charge on any atom is 0.285 e. The van der Waals surface area contributed by atoms with E-state index < -0.39 is 0 Å². The smallest absolute Gasteiger partial charge is 0.285 e. The molecule has 0 spiro atoms. The summed E-state index contributed by atoms with van der Waals surface area (Å²) in [5, 5.41) is 9.90. The minimum absolute atomic E-state index is 0.0467. The third kappa shape index (κ3) is 1.59. The number of rotatable bonds is 3. The van der Waals surface area contributed by atoms with E-state index in [2.05, 4.69) is 0 Å². The lowest BCUT2D eigenvalue weighted by atomic mass is 10.2. The molecule has 0 unspecified atom stereocenters. The van der Waals surface area contributed by atoms with Crippen LogP contribution in [0.3, 0.4) is 0 Å². The molecule has 1 aromatic carbocycles. The predicted octanol–water partition coefficient (Wildman–Crippen LogP) is 2.32. The summed E-state index contributed by atoms with van der Waals surface area (Å²) in [6, 6.07) is 7.39. The van der Waals surface area contributed by atoms with E-state index in [1.165, 1.54) is 0 Å². The fourth-order valence-corrected chi connectivity index (χ4v) is 1.38. The lowest BCUT2D eigenvalue weighted by Crippen LogP contribution is -1.87. The highest BCUT2D eigenvalue weighted by Crippen LogP contribution is 2.25. The van der Waals surface area contributed by atoms with Crippen LogP contribution in [-0.4, -0.2) is 11.7 Å². The van der Waals surface area contributed by atoms with Crippen molar-refractivity contribution in [1.82, 2.24) is 0 Å². The molecule has 0 fully saturated rings. The Labute approximate surface area is 81.9 Å². The van der Waals surface area contributed by atoms with Crippen molar-refractivity contribution in [2.45, 2.75) is 13.5 Å². The van der Waals surface area contributed by atoms with Gasteiger partial charge in [0.1, 0.15) is 5.58 Å². The molecule has 0 saturated heterocycles. The van der Waals surface area contributed by atoms with Gasteiger partial charge < -0.3 is 14.3 Å². The first kappa shape index (κ1) is 9.09. The van der Waals surface area contributed by atoms with E-state index in [9.17, 15) is 0 Å². The standard InChI is InChI=1S/C11H12O3/c1-2-13-11-6-9-5-8(7-12)3-4-10(9)14-11/h3-6,12H,2,7H2,1H3. The Hall–Kier alpha value is -1.48. The molecule has 0 aliphatic rings. The Morgan fingerprint density at radius 1 is 1.36 bits per heavy atom. The van der Waals surface area contributed by atoms with E-state index in [1.54, 1.807) is 0 Å². The Bertz CT molecular complexity index is 431. The fraction of sp³-hybridized carbons (Fsp3) is 0.273. The third-order valence-corrected chi connectivity index (χ3v) is 2.03. The van der Waals surface area contributed by atoms with Crippen LogP contribution in [0.1, 0.15) is 12.5 Å².